The summed E-state index contributed by atoms with van der Waals surface area (Å²) in [7, 11) is 0. The minimum Gasteiger partial charge on any atom is -0.487 e. The molecule has 0 aliphatic carbocycles. The van der Waals surface area contributed by atoms with Crippen molar-refractivity contribution in [3.8, 4) is 5.75 Å². The molecule has 0 saturated carbocycles. The highest BCUT2D eigenvalue weighted by Crippen LogP contribution is 2.17. The summed E-state index contributed by atoms with van der Waals surface area (Å²) in [6.45, 7) is 5.02. The summed E-state index contributed by atoms with van der Waals surface area (Å²) in [5.74, 6) is 0.850. The van der Waals surface area contributed by atoms with E-state index in [1.165, 1.54) is 0 Å². The van der Waals surface area contributed by atoms with Crippen molar-refractivity contribution in [1.82, 2.24) is 9.88 Å². The molecule has 2 rings (SSSR count). The van der Waals surface area contributed by atoms with Gasteiger partial charge < -0.3 is 9.84 Å². The maximum Gasteiger partial charge on any atom is 0.138 e. The van der Waals surface area contributed by atoms with Gasteiger partial charge in [0.15, 0.2) is 0 Å². The number of likely N-dealkylation sites (tertiary alicyclic amines) is 1. The van der Waals surface area contributed by atoms with Gasteiger partial charge in [0.1, 0.15) is 11.9 Å². The quantitative estimate of drug-likeness (QED) is 0.860. The van der Waals surface area contributed by atoms with E-state index in [4.69, 9.17) is 9.84 Å². The Balaban J connectivity index is 1.87. The van der Waals surface area contributed by atoms with Gasteiger partial charge in [0, 0.05) is 18.8 Å². The fourth-order valence-corrected chi connectivity index (χ4v) is 2.34. The fourth-order valence-electron chi connectivity index (χ4n) is 2.34. The van der Waals surface area contributed by atoms with Crippen LogP contribution in [0.15, 0.2) is 18.3 Å². The fraction of sp³-hybridized carbons (Fsp3) is 0.643. The summed E-state index contributed by atoms with van der Waals surface area (Å²) in [4.78, 5) is 6.59. The van der Waals surface area contributed by atoms with Crippen LogP contribution in [0.4, 0.5) is 0 Å². The maximum absolute atomic E-state index is 8.96. The number of rotatable bonds is 5. The van der Waals surface area contributed by atoms with Gasteiger partial charge in [-0.1, -0.05) is 6.92 Å². The molecule has 4 nitrogen and oxygen atoms in total. The largest absolute Gasteiger partial charge is 0.487 e. The van der Waals surface area contributed by atoms with Crippen molar-refractivity contribution in [2.45, 2.75) is 32.3 Å². The number of aryl methyl sites for hydroxylation is 1. The van der Waals surface area contributed by atoms with Crippen LogP contribution in [0, 0.1) is 0 Å². The van der Waals surface area contributed by atoms with Gasteiger partial charge in [0.25, 0.3) is 0 Å². The second-order valence-electron chi connectivity index (χ2n) is 4.75. The maximum atomic E-state index is 8.96. The van der Waals surface area contributed by atoms with Crippen molar-refractivity contribution in [2.24, 2.45) is 0 Å². The standard InChI is InChI=1S/C14H22N2O2/c1-2-12-5-6-13(10-15-12)18-14-4-3-7-16(11-14)8-9-17/h5-6,10,14,17H,2-4,7-9,11H2,1H3/t14-/m0/s1. The molecule has 1 N–H and O–H groups in total. The van der Waals surface area contributed by atoms with E-state index in [1.807, 2.05) is 18.3 Å². The Labute approximate surface area is 109 Å². The molecule has 1 aliphatic heterocycles. The topological polar surface area (TPSA) is 45.6 Å². The third-order valence-electron chi connectivity index (χ3n) is 3.34. The monoisotopic (exact) mass is 250 g/mol. The predicted octanol–water partition coefficient (Wildman–Crippen LogP) is 1.48. The zero-order valence-electron chi connectivity index (χ0n) is 11.0. The van der Waals surface area contributed by atoms with Gasteiger partial charge in [-0.05, 0) is 37.9 Å². The smallest absolute Gasteiger partial charge is 0.138 e. The number of hydrogen-bond donors (Lipinski definition) is 1. The molecule has 1 aromatic rings. The zero-order valence-corrected chi connectivity index (χ0v) is 11.0. The number of aliphatic hydroxyl groups excluding tert-OH is 1. The molecule has 0 unspecified atom stereocenters. The van der Waals surface area contributed by atoms with E-state index in [0.29, 0.717) is 0 Å². The second kappa shape index (κ2) is 6.71. The Morgan fingerprint density at radius 3 is 3.06 bits per heavy atom. The highest BCUT2D eigenvalue weighted by Gasteiger charge is 2.20. The van der Waals surface area contributed by atoms with Crippen LogP contribution in [0.1, 0.15) is 25.5 Å². The van der Waals surface area contributed by atoms with Gasteiger partial charge in [-0.3, -0.25) is 9.88 Å². The van der Waals surface area contributed by atoms with Gasteiger partial charge in [-0.2, -0.15) is 0 Å². The van der Waals surface area contributed by atoms with Gasteiger partial charge in [-0.25, -0.2) is 0 Å². The zero-order chi connectivity index (χ0) is 12.8. The van der Waals surface area contributed by atoms with E-state index in [0.717, 1.165) is 50.3 Å². The predicted molar refractivity (Wildman–Crippen MR) is 70.8 cm³/mol. The van der Waals surface area contributed by atoms with Crippen molar-refractivity contribution < 1.29 is 9.84 Å². The molecule has 100 valence electrons. The second-order valence-corrected chi connectivity index (χ2v) is 4.75. The highest BCUT2D eigenvalue weighted by molar-refractivity contribution is 5.20. The Hall–Kier alpha value is -1.13. The summed E-state index contributed by atoms with van der Waals surface area (Å²) in [6.07, 6.45) is 5.19. The highest BCUT2D eigenvalue weighted by atomic mass is 16.5. The molecule has 1 fully saturated rings. The summed E-state index contributed by atoms with van der Waals surface area (Å²) in [5, 5.41) is 8.96. The summed E-state index contributed by atoms with van der Waals surface area (Å²) in [5.41, 5.74) is 1.09. The van der Waals surface area contributed by atoms with E-state index < -0.39 is 0 Å². The lowest BCUT2D eigenvalue weighted by Gasteiger charge is -2.32. The van der Waals surface area contributed by atoms with Crippen LogP contribution in [-0.2, 0) is 6.42 Å². The molecule has 0 aromatic carbocycles. The number of aliphatic hydroxyl groups is 1. The molecule has 0 radical (unpaired) electrons. The van der Waals surface area contributed by atoms with Crippen molar-refractivity contribution in [3.63, 3.8) is 0 Å². The van der Waals surface area contributed by atoms with Crippen molar-refractivity contribution in [3.05, 3.63) is 24.0 Å². The van der Waals surface area contributed by atoms with Crippen LogP contribution in [0.2, 0.25) is 0 Å². The lowest BCUT2D eigenvalue weighted by Crippen LogP contribution is -2.42. The van der Waals surface area contributed by atoms with Crippen molar-refractivity contribution >= 4 is 0 Å². The molecular weight excluding hydrogens is 228 g/mol. The summed E-state index contributed by atoms with van der Waals surface area (Å²) in [6, 6.07) is 4.01. The Kier molecular flexibility index (Phi) is 4.96. The van der Waals surface area contributed by atoms with Gasteiger partial charge in [0.05, 0.1) is 12.8 Å². The van der Waals surface area contributed by atoms with E-state index in [9.17, 15) is 0 Å². The molecule has 18 heavy (non-hydrogen) atoms. The van der Waals surface area contributed by atoms with E-state index in [-0.39, 0.29) is 12.7 Å². The van der Waals surface area contributed by atoms with Crippen LogP contribution < -0.4 is 4.74 Å². The molecule has 0 amide bonds. The lowest BCUT2D eigenvalue weighted by atomic mass is 10.1. The number of aromatic nitrogens is 1. The Bertz CT molecular complexity index is 351. The molecule has 1 saturated heterocycles. The Morgan fingerprint density at radius 2 is 2.39 bits per heavy atom. The summed E-state index contributed by atoms with van der Waals surface area (Å²) < 4.78 is 5.95. The molecule has 1 atom stereocenters. The molecule has 0 spiro atoms. The lowest BCUT2D eigenvalue weighted by molar-refractivity contribution is 0.0765. The molecule has 4 heteroatoms. The normalized spacial score (nSPS) is 20.9. The van der Waals surface area contributed by atoms with Crippen LogP contribution in [0.5, 0.6) is 5.75 Å². The minimum absolute atomic E-state index is 0.222. The van der Waals surface area contributed by atoms with Gasteiger partial charge in [-0.15, -0.1) is 0 Å². The number of pyridine rings is 1. The number of piperidine rings is 1. The van der Waals surface area contributed by atoms with E-state index in [2.05, 4.69) is 16.8 Å². The SMILES string of the molecule is CCc1ccc(O[C@H]2CCCN(CCO)C2)cn1. The Morgan fingerprint density at radius 1 is 1.50 bits per heavy atom. The number of ether oxygens (including phenoxy) is 1. The van der Waals surface area contributed by atoms with Crippen LogP contribution in [-0.4, -0.2) is 47.3 Å². The van der Waals surface area contributed by atoms with Crippen molar-refractivity contribution in [2.75, 3.05) is 26.2 Å². The summed E-state index contributed by atoms with van der Waals surface area (Å²) >= 11 is 0. The van der Waals surface area contributed by atoms with E-state index >= 15 is 0 Å². The third-order valence-corrected chi connectivity index (χ3v) is 3.34. The number of hydrogen-bond acceptors (Lipinski definition) is 4. The van der Waals surface area contributed by atoms with E-state index in [1.54, 1.807) is 0 Å². The number of nitrogens with zero attached hydrogens (tertiary/aromatic N) is 2. The van der Waals surface area contributed by atoms with Gasteiger partial charge in [0.2, 0.25) is 0 Å². The molecule has 1 aliphatic rings. The number of β-amino-alcohol motifs (C(OH)–C–C–N with tert-alkyl or cyclic N) is 1. The first-order chi connectivity index (χ1) is 8.81. The third kappa shape index (κ3) is 3.68. The first-order valence-electron chi connectivity index (χ1n) is 6.76. The molecule has 1 aromatic heterocycles. The molecule has 2 heterocycles. The average molecular weight is 250 g/mol. The van der Waals surface area contributed by atoms with Crippen LogP contribution >= 0.6 is 0 Å². The van der Waals surface area contributed by atoms with Crippen LogP contribution in [0.3, 0.4) is 0 Å². The van der Waals surface area contributed by atoms with Crippen LogP contribution in [0.25, 0.3) is 0 Å². The molecular formula is C14H22N2O2. The first kappa shape index (κ1) is 13.3. The average Bonchev–Trinajstić information content (AvgIpc) is 2.40. The van der Waals surface area contributed by atoms with Gasteiger partial charge >= 0.3 is 0 Å². The first-order valence-corrected chi connectivity index (χ1v) is 6.76. The minimum atomic E-state index is 0.222. The van der Waals surface area contributed by atoms with Crippen molar-refractivity contribution in [1.29, 1.82) is 0 Å². The molecule has 0 bridgehead atoms.